The Morgan fingerprint density at radius 2 is 1.18 bits per heavy atom. The zero-order valence-corrected chi connectivity index (χ0v) is 11.9. The van der Waals surface area contributed by atoms with Crippen molar-refractivity contribution in [2.24, 2.45) is 0 Å². The van der Waals surface area contributed by atoms with E-state index in [-0.39, 0.29) is 5.56 Å². The minimum absolute atomic E-state index is 0.273. The highest BCUT2D eigenvalue weighted by Crippen LogP contribution is 2.34. The van der Waals surface area contributed by atoms with Gasteiger partial charge in [-0.25, -0.2) is 4.79 Å². The van der Waals surface area contributed by atoms with Crippen LogP contribution >= 0.6 is 0 Å². The third-order valence-electron chi connectivity index (χ3n) is 3.38. The topological polar surface area (TPSA) is 40.5 Å². The molecule has 3 aromatic rings. The van der Waals surface area contributed by atoms with E-state index in [1.807, 2.05) is 71.6 Å². The standard InChI is InChI=1S/C19H15NO2/c21-19(22)15-8-7-13-18(14-15)20(16-9-3-1-4-10-16)17-11-5-2-6-12-17/h1-14H,(H,21,22). The second kappa shape index (κ2) is 6.14. The highest BCUT2D eigenvalue weighted by molar-refractivity contribution is 5.90. The average molecular weight is 289 g/mol. The first-order valence-electron chi connectivity index (χ1n) is 6.99. The highest BCUT2D eigenvalue weighted by atomic mass is 16.4. The van der Waals surface area contributed by atoms with E-state index >= 15 is 0 Å². The van der Waals surface area contributed by atoms with Crippen LogP contribution in [0.2, 0.25) is 0 Å². The molecule has 0 heterocycles. The van der Waals surface area contributed by atoms with E-state index in [2.05, 4.69) is 0 Å². The van der Waals surface area contributed by atoms with E-state index < -0.39 is 5.97 Å². The molecule has 0 atom stereocenters. The van der Waals surface area contributed by atoms with Gasteiger partial charge in [-0.05, 0) is 42.5 Å². The molecule has 3 heteroatoms. The number of carbonyl (C=O) groups is 1. The van der Waals surface area contributed by atoms with Crippen molar-refractivity contribution in [3.8, 4) is 0 Å². The van der Waals surface area contributed by atoms with Crippen molar-refractivity contribution in [1.29, 1.82) is 0 Å². The monoisotopic (exact) mass is 289 g/mol. The molecule has 0 spiro atoms. The summed E-state index contributed by atoms with van der Waals surface area (Å²) in [5.41, 5.74) is 3.05. The van der Waals surface area contributed by atoms with E-state index in [0.29, 0.717) is 0 Å². The second-order valence-corrected chi connectivity index (χ2v) is 4.86. The largest absolute Gasteiger partial charge is 0.478 e. The lowest BCUT2D eigenvalue weighted by atomic mass is 10.1. The molecule has 0 amide bonds. The van der Waals surface area contributed by atoms with Crippen LogP contribution in [-0.4, -0.2) is 11.1 Å². The minimum atomic E-state index is -0.928. The van der Waals surface area contributed by atoms with Gasteiger partial charge in [0.1, 0.15) is 0 Å². The van der Waals surface area contributed by atoms with Gasteiger partial charge in [0.05, 0.1) is 5.56 Å². The zero-order chi connectivity index (χ0) is 15.4. The summed E-state index contributed by atoms with van der Waals surface area (Å²) in [6.07, 6.45) is 0. The van der Waals surface area contributed by atoms with Crippen LogP contribution in [0, 0.1) is 0 Å². The molecule has 108 valence electrons. The summed E-state index contributed by atoms with van der Waals surface area (Å²) >= 11 is 0. The van der Waals surface area contributed by atoms with Crippen molar-refractivity contribution in [1.82, 2.24) is 0 Å². The molecule has 0 saturated carbocycles. The molecule has 3 rings (SSSR count). The van der Waals surface area contributed by atoms with Crippen LogP contribution in [0.4, 0.5) is 17.1 Å². The molecule has 0 fully saturated rings. The van der Waals surface area contributed by atoms with Gasteiger partial charge in [-0.1, -0.05) is 42.5 Å². The Labute approximate surface area is 129 Å². The Hall–Kier alpha value is -3.07. The number of hydrogen-bond donors (Lipinski definition) is 1. The summed E-state index contributed by atoms with van der Waals surface area (Å²) < 4.78 is 0. The van der Waals surface area contributed by atoms with E-state index in [4.69, 9.17) is 0 Å². The summed E-state index contributed by atoms with van der Waals surface area (Å²) in [7, 11) is 0. The van der Waals surface area contributed by atoms with Crippen LogP contribution in [0.5, 0.6) is 0 Å². The Balaban J connectivity index is 2.14. The zero-order valence-electron chi connectivity index (χ0n) is 11.9. The van der Waals surface area contributed by atoms with Gasteiger partial charge in [-0.15, -0.1) is 0 Å². The van der Waals surface area contributed by atoms with Crippen molar-refractivity contribution in [2.75, 3.05) is 4.90 Å². The molecule has 0 aliphatic heterocycles. The van der Waals surface area contributed by atoms with Crippen molar-refractivity contribution in [2.45, 2.75) is 0 Å². The van der Waals surface area contributed by atoms with Crippen molar-refractivity contribution in [3.05, 3.63) is 90.5 Å². The SMILES string of the molecule is O=C(O)c1cccc(N(c2ccccc2)c2ccccc2)c1. The lowest BCUT2D eigenvalue weighted by molar-refractivity contribution is 0.0697. The molecule has 0 aliphatic rings. The van der Waals surface area contributed by atoms with Crippen LogP contribution in [0.1, 0.15) is 10.4 Å². The van der Waals surface area contributed by atoms with Crippen molar-refractivity contribution >= 4 is 23.0 Å². The highest BCUT2D eigenvalue weighted by Gasteiger charge is 2.13. The third kappa shape index (κ3) is 2.83. The predicted molar refractivity (Wildman–Crippen MR) is 88.1 cm³/mol. The Bertz CT molecular complexity index is 730. The molecule has 3 nitrogen and oxygen atoms in total. The molecule has 3 aromatic carbocycles. The number of benzene rings is 3. The lowest BCUT2D eigenvalue weighted by Crippen LogP contribution is -2.10. The van der Waals surface area contributed by atoms with Crippen LogP contribution < -0.4 is 4.90 Å². The predicted octanol–water partition coefficient (Wildman–Crippen LogP) is 4.85. The van der Waals surface area contributed by atoms with Gasteiger partial charge in [0, 0.05) is 17.1 Å². The van der Waals surface area contributed by atoms with E-state index in [1.165, 1.54) is 0 Å². The van der Waals surface area contributed by atoms with Gasteiger partial charge < -0.3 is 10.0 Å². The minimum Gasteiger partial charge on any atom is -0.478 e. The molecule has 0 saturated heterocycles. The molecular weight excluding hydrogens is 274 g/mol. The van der Waals surface area contributed by atoms with Gasteiger partial charge >= 0.3 is 5.97 Å². The van der Waals surface area contributed by atoms with Crippen LogP contribution in [0.3, 0.4) is 0 Å². The van der Waals surface area contributed by atoms with Gasteiger partial charge in [0.15, 0.2) is 0 Å². The number of rotatable bonds is 4. The third-order valence-corrected chi connectivity index (χ3v) is 3.38. The summed E-state index contributed by atoms with van der Waals surface area (Å²) in [5, 5.41) is 9.21. The number of nitrogens with zero attached hydrogens (tertiary/aromatic N) is 1. The average Bonchev–Trinajstić information content (AvgIpc) is 2.57. The number of para-hydroxylation sites is 2. The number of carboxylic acid groups (broad SMARTS) is 1. The summed E-state index contributed by atoms with van der Waals surface area (Å²) in [6.45, 7) is 0. The van der Waals surface area contributed by atoms with Gasteiger partial charge in [-0.2, -0.15) is 0 Å². The Morgan fingerprint density at radius 3 is 1.68 bits per heavy atom. The Morgan fingerprint density at radius 1 is 0.682 bits per heavy atom. The van der Waals surface area contributed by atoms with Crippen LogP contribution in [0.15, 0.2) is 84.9 Å². The van der Waals surface area contributed by atoms with Gasteiger partial charge in [-0.3, -0.25) is 0 Å². The Kier molecular flexibility index (Phi) is 3.88. The number of anilines is 3. The number of hydrogen-bond acceptors (Lipinski definition) is 2. The van der Waals surface area contributed by atoms with Crippen LogP contribution in [-0.2, 0) is 0 Å². The maximum absolute atomic E-state index is 11.2. The molecule has 0 aromatic heterocycles. The fraction of sp³-hybridized carbons (Fsp3) is 0. The van der Waals surface area contributed by atoms with Crippen molar-refractivity contribution in [3.63, 3.8) is 0 Å². The van der Waals surface area contributed by atoms with E-state index in [9.17, 15) is 9.90 Å². The lowest BCUT2D eigenvalue weighted by Gasteiger charge is -2.25. The maximum Gasteiger partial charge on any atom is 0.335 e. The fourth-order valence-corrected chi connectivity index (χ4v) is 2.38. The first-order valence-corrected chi connectivity index (χ1v) is 6.99. The van der Waals surface area contributed by atoms with E-state index in [1.54, 1.807) is 18.2 Å². The second-order valence-electron chi connectivity index (χ2n) is 4.86. The van der Waals surface area contributed by atoms with Gasteiger partial charge in [0.2, 0.25) is 0 Å². The normalized spacial score (nSPS) is 10.2. The van der Waals surface area contributed by atoms with E-state index in [0.717, 1.165) is 17.1 Å². The quantitative estimate of drug-likeness (QED) is 0.746. The molecule has 0 aliphatic carbocycles. The maximum atomic E-state index is 11.2. The molecule has 0 unspecified atom stereocenters. The molecule has 0 bridgehead atoms. The smallest absolute Gasteiger partial charge is 0.335 e. The van der Waals surface area contributed by atoms with Gasteiger partial charge in [0.25, 0.3) is 0 Å². The molecule has 0 radical (unpaired) electrons. The molecule has 1 N–H and O–H groups in total. The first-order chi connectivity index (χ1) is 10.8. The summed E-state index contributed by atoms with van der Waals surface area (Å²) in [6, 6.07) is 26.7. The number of aromatic carboxylic acids is 1. The van der Waals surface area contributed by atoms with Crippen LogP contribution in [0.25, 0.3) is 0 Å². The summed E-state index contributed by atoms with van der Waals surface area (Å²) in [4.78, 5) is 13.3. The molecule has 22 heavy (non-hydrogen) atoms. The first kappa shape index (κ1) is 13.9. The fourth-order valence-electron chi connectivity index (χ4n) is 2.38. The molecular formula is C19H15NO2. The van der Waals surface area contributed by atoms with Crippen molar-refractivity contribution < 1.29 is 9.90 Å². The number of carboxylic acids is 1. The summed E-state index contributed by atoms with van der Waals surface area (Å²) in [5.74, 6) is -0.928.